The van der Waals surface area contributed by atoms with E-state index in [1.807, 2.05) is 6.20 Å². The second-order valence-corrected chi connectivity index (χ2v) is 9.29. The van der Waals surface area contributed by atoms with Crippen LogP contribution in [-0.2, 0) is 0 Å². The SMILES string of the molecule is CC(C)n1ccnc1NC12CC3CC(C)(CC(C)(C3)C1)C2. The summed E-state index contributed by atoms with van der Waals surface area (Å²) in [6.07, 6.45) is 12.4. The van der Waals surface area contributed by atoms with Gasteiger partial charge in [-0.15, -0.1) is 0 Å². The fourth-order valence-electron chi connectivity index (χ4n) is 6.65. The molecule has 4 saturated carbocycles. The van der Waals surface area contributed by atoms with Gasteiger partial charge in [-0.1, -0.05) is 13.8 Å². The zero-order valence-corrected chi connectivity index (χ0v) is 13.9. The predicted octanol–water partition coefficient (Wildman–Crippen LogP) is 4.62. The Balaban J connectivity index is 1.67. The molecule has 0 aromatic carbocycles. The van der Waals surface area contributed by atoms with Crippen LogP contribution < -0.4 is 5.32 Å². The van der Waals surface area contributed by atoms with Crippen LogP contribution in [0.15, 0.2) is 12.4 Å². The number of rotatable bonds is 3. The monoisotopic (exact) mass is 287 g/mol. The third-order valence-electron chi connectivity index (χ3n) is 6.23. The van der Waals surface area contributed by atoms with Crippen molar-refractivity contribution in [2.45, 2.75) is 77.8 Å². The maximum absolute atomic E-state index is 4.61. The highest BCUT2D eigenvalue weighted by Crippen LogP contribution is 2.66. The van der Waals surface area contributed by atoms with Crippen LogP contribution in [0.5, 0.6) is 0 Å². The van der Waals surface area contributed by atoms with Crippen molar-refractivity contribution in [1.29, 1.82) is 0 Å². The minimum atomic E-state index is 0.293. The molecule has 116 valence electrons. The van der Waals surface area contributed by atoms with Crippen molar-refractivity contribution >= 4 is 5.95 Å². The van der Waals surface area contributed by atoms with E-state index < -0.39 is 0 Å². The molecule has 0 amide bonds. The first-order valence-electron chi connectivity index (χ1n) is 8.62. The van der Waals surface area contributed by atoms with Crippen molar-refractivity contribution in [2.75, 3.05) is 5.32 Å². The number of nitrogens with zero attached hydrogens (tertiary/aromatic N) is 2. The largest absolute Gasteiger partial charge is 0.350 e. The van der Waals surface area contributed by atoms with Crippen molar-refractivity contribution in [2.24, 2.45) is 16.7 Å². The first kappa shape index (κ1) is 13.7. The average molecular weight is 287 g/mol. The van der Waals surface area contributed by atoms with E-state index >= 15 is 0 Å². The van der Waals surface area contributed by atoms with Gasteiger partial charge in [-0.25, -0.2) is 4.98 Å². The number of anilines is 1. The third kappa shape index (κ3) is 2.11. The van der Waals surface area contributed by atoms with Crippen molar-refractivity contribution < 1.29 is 0 Å². The minimum absolute atomic E-state index is 0.293. The molecular weight excluding hydrogens is 258 g/mol. The fourth-order valence-corrected chi connectivity index (χ4v) is 6.65. The van der Waals surface area contributed by atoms with Gasteiger partial charge in [-0.2, -0.15) is 0 Å². The Kier molecular flexibility index (Phi) is 2.64. The van der Waals surface area contributed by atoms with E-state index in [1.54, 1.807) is 0 Å². The summed E-state index contributed by atoms with van der Waals surface area (Å²) in [5.74, 6) is 2.00. The third-order valence-corrected chi connectivity index (χ3v) is 6.23. The molecule has 4 aliphatic rings. The summed E-state index contributed by atoms with van der Waals surface area (Å²) >= 11 is 0. The van der Waals surface area contributed by atoms with Gasteiger partial charge in [-0.3, -0.25) is 0 Å². The molecule has 1 aromatic heterocycles. The Hall–Kier alpha value is -0.990. The quantitative estimate of drug-likeness (QED) is 0.878. The molecule has 1 heterocycles. The second-order valence-electron chi connectivity index (χ2n) is 9.29. The van der Waals surface area contributed by atoms with Crippen molar-refractivity contribution in [1.82, 2.24) is 9.55 Å². The lowest BCUT2D eigenvalue weighted by atomic mass is 9.43. The van der Waals surface area contributed by atoms with Crippen LogP contribution in [-0.4, -0.2) is 15.1 Å². The normalized spacial score (nSPS) is 44.5. The molecule has 5 rings (SSSR count). The molecule has 0 radical (unpaired) electrons. The van der Waals surface area contributed by atoms with Gasteiger partial charge < -0.3 is 9.88 Å². The predicted molar refractivity (Wildman–Crippen MR) is 86.4 cm³/mol. The molecule has 0 aliphatic heterocycles. The molecule has 0 saturated heterocycles. The van der Waals surface area contributed by atoms with Gasteiger partial charge in [0.15, 0.2) is 0 Å². The molecule has 2 unspecified atom stereocenters. The smallest absolute Gasteiger partial charge is 0.203 e. The molecule has 4 bridgehead atoms. The van der Waals surface area contributed by atoms with E-state index in [0.29, 0.717) is 22.4 Å². The maximum atomic E-state index is 4.61. The highest BCUT2D eigenvalue weighted by Gasteiger charge is 2.60. The van der Waals surface area contributed by atoms with Gasteiger partial charge in [0.25, 0.3) is 0 Å². The van der Waals surface area contributed by atoms with Gasteiger partial charge in [0.1, 0.15) is 0 Å². The molecule has 0 spiro atoms. The van der Waals surface area contributed by atoms with Gasteiger partial charge in [-0.05, 0) is 69.1 Å². The molecule has 4 fully saturated rings. The summed E-state index contributed by atoms with van der Waals surface area (Å²) in [6, 6.07) is 0.468. The molecule has 3 heteroatoms. The summed E-state index contributed by atoms with van der Waals surface area (Å²) in [4.78, 5) is 4.61. The van der Waals surface area contributed by atoms with Crippen LogP contribution in [0.1, 0.15) is 72.3 Å². The number of hydrogen-bond acceptors (Lipinski definition) is 2. The van der Waals surface area contributed by atoms with E-state index in [0.717, 1.165) is 11.9 Å². The van der Waals surface area contributed by atoms with E-state index in [2.05, 4.69) is 48.8 Å². The topological polar surface area (TPSA) is 29.9 Å². The van der Waals surface area contributed by atoms with E-state index in [1.165, 1.54) is 38.5 Å². The maximum Gasteiger partial charge on any atom is 0.203 e. The van der Waals surface area contributed by atoms with Crippen LogP contribution in [0.3, 0.4) is 0 Å². The lowest BCUT2D eigenvalue weighted by molar-refractivity contribution is -0.0975. The lowest BCUT2D eigenvalue weighted by Gasteiger charge is -2.65. The summed E-state index contributed by atoms with van der Waals surface area (Å²) in [5.41, 5.74) is 1.40. The van der Waals surface area contributed by atoms with Crippen LogP contribution in [0, 0.1) is 16.7 Å². The molecular formula is C18H29N3. The Bertz CT molecular complexity index is 541. The fraction of sp³-hybridized carbons (Fsp3) is 0.833. The van der Waals surface area contributed by atoms with E-state index in [9.17, 15) is 0 Å². The van der Waals surface area contributed by atoms with Crippen LogP contribution >= 0.6 is 0 Å². The Labute approximate surface area is 128 Å². The first-order valence-corrected chi connectivity index (χ1v) is 8.62. The standard InChI is InChI=1S/C18H29N3/c1-13(2)21-6-5-19-15(21)20-18-9-14-7-16(3,11-18)10-17(4,8-14)12-18/h5-6,13-14H,7-12H2,1-4H3,(H,19,20). The summed E-state index contributed by atoms with van der Waals surface area (Å²) < 4.78 is 2.28. The van der Waals surface area contributed by atoms with E-state index in [4.69, 9.17) is 0 Å². The van der Waals surface area contributed by atoms with Gasteiger partial charge in [0.2, 0.25) is 5.95 Å². The molecule has 1 N–H and O–H groups in total. The number of nitrogens with one attached hydrogen (secondary N) is 1. The zero-order chi connectivity index (χ0) is 14.9. The van der Waals surface area contributed by atoms with Crippen molar-refractivity contribution in [3.05, 3.63) is 12.4 Å². The Morgan fingerprint density at radius 2 is 1.81 bits per heavy atom. The van der Waals surface area contributed by atoms with Crippen LogP contribution in [0.2, 0.25) is 0 Å². The summed E-state index contributed by atoms with van der Waals surface area (Å²) in [6.45, 7) is 9.52. The lowest BCUT2D eigenvalue weighted by Crippen LogP contribution is -2.61. The highest BCUT2D eigenvalue weighted by molar-refractivity contribution is 5.35. The highest BCUT2D eigenvalue weighted by atomic mass is 15.2. The Morgan fingerprint density at radius 3 is 2.38 bits per heavy atom. The average Bonchev–Trinajstić information content (AvgIpc) is 2.70. The summed E-state index contributed by atoms with van der Waals surface area (Å²) in [7, 11) is 0. The zero-order valence-electron chi connectivity index (χ0n) is 13.9. The van der Waals surface area contributed by atoms with Gasteiger partial charge in [0.05, 0.1) is 0 Å². The number of hydrogen-bond donors (Lipinski definition) is 1. The van der Waals surface area contributed by atoms with Crippen LogP contribution in [0.4, 0.5) is 5.95 Å². The molecule has 21 heavy (non-hydrogen) atoms. The summed E-state index contributed by atoms with van der Waals surface area (Å²) in [5, 5.41) is 3.92. The number of imidazole rings is 1. The first-order chi connectivity index (χ1) is 9.81. The van der Waals surface area contributed by atoms with E-state index in [-0.39, 0.29) is 0 Å². The molecule has 1 aromatic rings. The number of aromatic nitrogens is 2. The molecule has 2 atom stereocenters. The molecule has 3 nitrogen and oxygen atoms in total. The minimum Gasteiger partial charge on any atom is -0.350 e. The van der Waals surface area contributed by atoms with Crippen LogP contribution in [0.25, 0.3) is 0 Å². The van der Waals surface area contributed by atoms with Gasteiger partial charge in [0, 0.05) is 24.0 Å². The van der Waals surface area contributed by atoms with Crippen molar-refractivity contribution in [3.63, 3.8) is 0 Å². The molecule has 4 aliphatic carbocycles. The van der Waals surface area contributed by atoms with Crippen molar-refractivity contribution in [3.8, 4) is 0 Å². The van der Waals surface area contributed by atoms with Gasteiger partial charge >= 0.3 is 0 Å². The second kappa shape index (κ2) is 4.05. The Morgan fingerprint density at radius 1 is 1.14 bits per heavy atom.